The fraction of sp³-hybridized carbons (Fsp3) is 0.385. The number of piperidine rings is 1. The summed E-state index contributed by atoms with van der Waals surface area (Å²) in [5, 5.41) is 14.3. The van der Waals surface area contributed by atoms with Crippen LogP contribution >= 0.6 is 0 Å². The first-order chi connectivity index (χ1) is 16.2. The summed E-state index contributed by atoms with van der Waals surface area (Å²) in [6, 6.07) is 13.7. The summed E-state index contributed by atoms with van der Waals surface area (Å²) in [4.78, 5) is 39.0. The number of aryl methyl sites for hydroxylation is 1. The molecule has 1 saturated heterocycles. The lowest BCUT2D eigenvalue weighted by molar-refractivity contribution is -0.120. The molecular weight excluding hydrogens is 430 g/mol. The van der Waals surface area contributed by atoms with Gasteiger partial charge in [-0.3, -0.25) is 9.59 Å². The van der Waals surface area contributed by atoms with Crippen molar-refractivity contribution in [3.63, 3.8) is 0 Å². The molecule has 3 rings (SSSR count). The first kappa shape index (κ1) is 24.8. The van der Waals surface area contributed by atoms with Gasteiger partial charge in [0.05, 0.1) is 11.6 Å². The van der Waals surface area contributed by atoms with Gasteiger partial charge in [-0.1, -0.05) is 32.0 Å². The number of nitrogens with two attached hydrogens (primary N) is 1. The maximum Gasteiger partial charge on any atom is 0.319 e. The van der Waals surface area contributed by atoms with Gasteiger partial charge in [-0.2, -0.15) is 5.26 Å². The number of nitriles is 1. The van der Waals surface area contributed by atoms with Gasteiger partial charge < -0.3 is 21.3 Å². The largest absolute Gasteiger partial charge is 0.368 e. The van der Waals surface area contributed by atoms with Crippen LogP contribution < -0.4 is 16.4 Å². The minimum Gasteiger partial charge on any atom is -0.368 e. The van der Waals surface area contributed by atoms with Crippen molar-refractivity contribution in [1.29, 1.82) is 5.26 Å². The van der Waals surface area contributed by atoms with Gasteiger partial charge >= 0.3 is 6.03 Å². The van der Waals surface area contributed by atoms with Crippen LogP contribution in [0, 0.1) is 24.2 Å². The minimum atomic E-state index is -0.789. The lowest BCUT2D eigenvalue weighted by Gasteiger charge is -2.32. The first-order valence-electron chi connectivity index (χ1n) is 11.5. The van der Waals surface area contributed by atoms with E-state index in [0.29, 0.717) is 35.8 Å². The molecule has 2 aromatic carbocycles. The number of hydrogen-bond acceptors (Lipinski definition) is 4. The zero-order chi connectivity index (χ0) is 24.8. The van der Waals surface area contributed by atoms with Gasteiger partial charge in [-0.25, -0.2) is 4.79 Å². The van der Waals surface area contributed by atoms with E-state index in [-0.39, 0.29) is 11.8 Å². The molecule has 8 heteroatoms. The van der Waals surface area contributed by atoms with E-state index >= 15 is 0 Å². The van der Waals surface area contributed by atoms with Crippen molar-refractivity contribution in [1.82, 2.24) is 10.2 Å². The van der Waals surface area contributed by atoms with E-state index < -0.39 is 18.0 Å². The third-order valence-electron chi connectivity index (χ3n) is 6.29. The zero-order valence-corrected chi connectivity index (χ0v) is 19.8. The van der Waals surface area contributed by atoms with E-state index in [4.69, 9.17) is 11.0 Å². The second-order valence-electron chi connectivity index (χ2n) is 9.05. The summed E-state index contributed by atoms with van der Waals surface area (Å²) in [7, 11) is 0. The van der Waals surface area contributed by atoms with Gasteiger partial charge in [-0.15, -0.1) is 0 Å². The van der Waals surface area contributed by atoms with Crippen LogP contribution in [0.15, 0.2) is 42.5 Å². The summed E-state index contributed by atoms with van der Waals surface area (Å²) in [5.41, 5.74) is 9.00. The van der Waals surface area contributed by atoms with Crippen LogP contribution in [-0.4, -0.2) is 41.9 Å². The minimum absolute atomic E-state index is 0.0843. The summed E-state index contributed by atoms with van der Waals surface area (Å²) >= 11 is 0. The lowest BCUT2D eigenvalue weighted by atomic mass is 9.89. The van der Waals surface area contributed by atoms with Crippen LogP contribution in [0.25, 0.3) is 0 Å². The summed E-state index contributed by atoms with van der Waals surface area (Å²) in [6.07, 6.45) is 1.70. The fourth-order valence-corrected chi connectivity index (χ4v) is 4.18. The number of carbonyl (C=O) groups is 3. The Morgan fingerprint density at radius 2 is 1.74 bits per heavy atom. The maximum atomic E-state index is 13.1. The molecule has 1 atom stereocenters. The quantitative estimate of drug-likeness (QED) is 0.608. The molecule has 1 aliphatic rings. The van der Waals surface area contributed by atoms with Crippen LogP contribution in [0.2, 0.25) is 0 Å². The van der Waals surface area contributed by atoms with E-state index in [2.05, 4.69) is 16.7 Å². The van der Waals surface area contributed by atoms with Crippen molar-refractivity contribution in [2.45, 2.75) is 45.6 Å². The predicted octanol–water partition coefficient (Wildman–Crippen LogP) is 3.52. The van der Waals surface area contributed by atoms with Crippen LogP contribution in [0.4, 0.5) is 10.5 Å². The molecule has 178 valence electrons. The highest BCUT2D eigenvalue weighted by molar-refractivity contribution is 5.98. The average Bonchev–Trinajstić information content (AvgIpc) is 2.83. The van der Waals surface area contributed by atoms with Crippen molar-refractivity contribution < 1.29 is 14.4 Å². The molecule has 4 amide bonds. The number of likely N-dealkylation sites (tertiary alicyclic amines) is 1. The lowest BCUT2D eigenvalue weighted by Crippen LogP contribution is -2.49. The van der Waals surface area contributed by atoms with Gasteiger partial charge in [0.1, 0.15) is 6.04 Å². The number of primary amides is 1. The van der Waals surface area contributed by atoms with Gasteiger partial charge in [0.25, 0.3) is 5.91 Å². The Bertz CT molecular complexity index is 1100. The van der Waals surface area contributed by atoms with Crippen molar-refractivity contribution >= 4 is 23.5 Å². The standard InChI is InChI=1S/C26H31N5O3/c1-16(2)23(24(28)32)30-26(34)29-22-14-21(7-4-17(22)3)25(33)31-12-10-20(11-13-31)19-8-5-18(15-27)6-9-19/h4-9,14,16,20,23H,10-13H2,1-3H3,(H2,28,32)(H2,29,30,34). The van der Waals surface area contributed by atoms with Crippen molar-refractivity contribution in [3.8, 4) is 6.07 Å². The number of hydrogen-bond donors (Lipinski definition) is 3. The summed E-state index contributed by atoms with van der Waals surface area (Å²) in [5.74, 6) is -0.478. The Hall–Kier alpha value is -3.86. The van der Waals surface area contributed by atoms with Gasteiger partial charge in [-0.05, 0) is 67.0 Å². The number of urea groups is 1. The molecule has 0 bridgehead atoms. The number of amides is 4. The normalized spacial score (nSPS) is 14.9. The Labute approximate surface area is 200 Å². The van der Waals surface area contributed by atoms with Gasteiger partial charge in [0.15, 0.2) is 0 Å². The molecule has 4 N–H and O–H groups in total. The topological polar surface area (TPSA) is 128 Å². The second kappa shape index (κ2) is 10.8. The van der Waals surface area contributed by atoms with Crippen molar-refractivity contribution in [3.05, 3.63) is 64.7 Å². The third kappa shape index (κ3) is 5.93. The van der Waals surface area contributed by atoms with E-state index in [1.165, 1.54) is 5.56 Å². The molecule has 0 aliphatic carbocycles. The van der Waals surface area contributed by atoms with Crippen LogP contribution in [0.1, 0.15) is 59.7 Å². The van der Waals surface area contributed by atoms with Gasteiger partial charge in [0, 0.05) is 24.3 Å². The Kier molecular flexibility index (Phi) is 7.90. The molecule has 1 aliphatic heterocycles. The SMILES string of the molecule is Cc1ccc(C(=O)N2CCC(c3ccc(C#N)cc3)CC2)cc1NC(=O)NC(C(N)=O)C(C)C. The van der Waals surface area contributed by atoms with E-state index in [1.54, 1.807) is 32.0 Å². The first-order valence-corrected chi connectivity index (χ1v) is 11.5. The molecule has 1 fully saturated rings. The molecule has 34 heavy (non-hydrogen) atoms. The number of carbonyl (C=O) groups excluding carboxylic acids is 3. The van der Waals surface area contributed by atoms with Crippen LogP contribution in [0.5, 0.6) is 0 Å². The number of benzene rings is 2. The number of nitrogens with zero attached hydrogens (tertiary/aromatic N) is 2. The highest BCUT2D eigenvalue weighted by Gasteiger charge is 2.26. The molecule has 1 heterocycles. The Morgan fingerprint density at radius 3 is 2.29 bits per heavy atom. The maximum absolute atomic E-state index is 13.1. The zero-order valence-electron chi connectivity index (χ0n) is 19.8. The van der Waals surface area contributed by atoms with E-state index in [1.807, 2.05) is 36.1 Å². The molecule has 0 aromatic heterocycles. The number of nitrogens with one attached hydrogen (secondary N) is 2. The fourth-order valence-electron chi connectivity index (χ4n) is 4.18. The van der Waals surface area contributed by atoms with Crippen LogP contribution in [0.3, 0.4) is 0 Å². The van der Waals surface area contributed by atoms with Crippen LogP contribution in [-0.2, 0) is 4.79 Å². The molecule has 0 spiro atoms. The molecular formula is C26H31N5O3. The Balaban J connectivity index is 1.63. The summed E-state index contributed by atoms with van der Waals surface area (Å²) < 4.78 is 0. The molecule has 0 saturated carbocycles. The Morgan fingerprint density at radius 1 is 1.09 bits per heavy atom. The highest BCUT2D eigenvalue weighted by atomic mass is 16.2. The summed E-state index contributed by atoms with van der Waals surface area (Å²) in [6.45, 7) is 6.70. The monoisotopic (exact) mass is 461 g/mol. The smallest absolute Gasteiger partial charge is 0.319 e. The van der Waals surface area contributed by atoms with Crippen molar-refractivity contribution in [2.24, 2.45) is 11.7 Å². The average molecular weight is 462 g/mol. The molecule has 8 nitrogen and oxygen atoms in total. The van der Waals surface area contributed by atoms with E-state index in [9.17, 15) is 14.4 Å². The number of anilines is 1. The molecule has 0 radical (unpaired) electrons. The highest BCUT2D eigenvalue weighted by Crippen LogP contribution is 2.29. The number of rotatable bonds is 6. The molecule has 1 unspecified atom stereocenters. The second-order valence-corrected chi connectivity index (χ2v) is 9.05. The van der Waals surface area contributed by atoms with E-state index in [0.717, 1.165) is 18.4 Å². The molecule has 2 aromatic rings. The third-order valence-corrected chi connectivity index (χ3v) is 6.29. The van der Waals surface area contributed by atoms with Crippen molar-refractivity contribution in [2.75, 3.05) is 18.4 Å². The van der Waals surface area contributed by atoms with Gasteiger partial charge in [0.2, 0.25) is 5.91 Å². The predicted molar refractivity (Wildman–Crippen MR) is 130 cm³/mol.